The van der Waals surface area contributed by atoms with Crippen molar-refractivity contribution < 1.29 is 19.2 Å². The predicted molar refractivity (Wildman–Crippen MR) is 132 cm³/mol. The molecule has 0 unspecified atom stereocenters. The van der Waals surface area contributed by atoms with Gasteiger partial charge in [-0.15, -0.1) is 0 Å². The maximum absolute atomic E-state index is 13.0. The average Bonchev–Trinajstić information content (AvgIpc) is 2.80. The number of carbonyl (C=O) groups excluding carboxylic acids is 2. The lowest BCUT2D eigenvalue weighted by molar-refractivity contribution is -0.384. The van der Waals surface area contributed by atoms with E-state index in [9.17, 15) is 19.7 Å². The van der Waals surface area contributed by atoms with Crippen LogP contribution in [0, 0.1) is 10.1 Å². The fraction of sp³-hybridized carbons (Fsp3) is 0.0435. The molecule has 0 aliphatic heterocycles. The van der Waals surface area contributed by atoms with Gasteiger partial charge in [-0.25, -0.2) is 0 Å². The molecule has 3 aromatic carbocycles. The second kappa shape index (κ2) is 10.9. The molecule has 8 nitrogen and oxygen atoms in total. The topological polar surface area (TPSA) is 111 Å². The molecule has 0 saturated carbocycles. The first kappa shape index (κ1) is 24.1. The van der Waals surface area contributed by atoms with Crippen molar-refractivity contribution >= 4 is 61.1 Å². The van der Waals surface area contributed by atoms with Crippen molar-refractivity contribution in [2.45, 2.75) is 0 Å². The molecular weight excluding hydrogens is 558 g/mol. The second-order valence-electron chi connectivity index (χ2n) is 6.67. The van der Waals surface area contributed by atoms with E-state index in [-0.39, 0.29) is 11.4 Å². The van der Waals surface area contributed by atoms with E-state index < -0.39 is 16.7 Å². The molecule has 2 N–H and O–H groups in total. The SMILES string of the molecule is COc1ccc(C(=O)N/C(=C\c2ccc([N+](=O)[O-])cc2)C(=O)Nc2ccc(Br)cc2)cc1Br. The minimum Gasteiger partial charge on any atom is -0.496 e. The lowest BCUT2D eigenvalue weighted by atomic mass is 10.1. The Kier molecular flexibility index (Phi) is 7.96. The molecule has 0 radical (unpaired) electrons. The van der Waals surface area contributed by atoms with Gasteiger partial charge in [0.2, 0.25) is 0 Å². The standard InChI is InChI=1S/C23H17Br2N3O5/c1-33-21-11-4-15(13-19(21)25)22(29)27-20(12-14-2-9-18(10-3-14)28(31)32)23(30)26-17-7-5-16(24)6-8-17/h2-13H,1H3,(H,26,30)(H,27,29)/b20-12-. The monoisotopic (exact) mass is 573 g/mol. The van der Waals surface area contributed by atoms with Crippen molar-refractivity contribution in [3.05, 3.63) is 103 Å². The first-order valence-corrected chi connectivity index (χ1v) is 11.0. The molecule has 0 aliphatic carbocycles. The third kappa shape index (κ3) is 6.50. The molecule has 3 rings (SSSR count). The van der Waals surface area contributed by atoms with Gasteiger partial charge in [0, 0.05) is 27.9 Å². The van der Waals surface area contributed by atoms with Crippen LogP contribution in [-0.2, 0) is 4.79 Å². The highest BCUT2D eigenvalue weighted by Gasteiger charge is 2.16. The second-order valence-corrected chi connectivity index (χ2v) is 8.44. The number of halogens is 2. The summed E-state index contributed by atoms with van der Waals surface area (Å²) >= 11 is 6.67. The summed E-state index contributed by atoms with van der Waals surface area (Å²) in [5.74, 6) is -0.518. The number of benzene rings is 3. The van der Waals surface area contributed by atoms with Gasteiger partial charge in [0.25, 0.3) is 17.5 Å². The Morgan fingerprint density at radius 3 is 2.24 bits per heavy atom. The van der Waals surface area contributed by atoms with Gasteiger partial charge in [-0.3, -0.25) is 19.7 Å². The number of ether oxygens (including phenoxy) is 1. The smallest absolute Gasteiger partial charge is 0.272 e. The number of methoxy groups -OCH3 is 1. The number of nitrogens with zero attached hydrogens (tertiary/aromatic N) is 1. The van der Waals surface area contributed by atoms with Gasteiger partial charge in [-0.05, 0) is 82.2 Å². The van der Waals surface area contributed by atoms with Gasteiger partial charge in [0.15, 0.2) is 0 Å². The van der Waals surface area contributed by atoms with Crippen LogP contribution in [0.4, 0.5) is 11.4 Å². The molecule has 33 heavy (non-hydrogen) atoms. The largest absolute Gasteiger partial charge is 0.496 e. The third-order valence-electron chi connectivity index (χ3n) is 4.42. The van der Waals surface area contributed by atoms with Gasteiger partial charge in [-0.2, -0.15) is 0 Å². The van der Waals surface area contributed by atoms with Crippen LogP contribution in [0.25, 0.3) is 6.08 Å². The highest BCUT2D eigenvalue weighted by atomic mass is 79.9. The number of rotatable bonds is 7. The maximum Gasteiger partial charge on any atom is 0.272 e. The highest BCUT2D eigenvalue weighted by Crippen LogP contribution is 2.25. The molecule has 0 spiro atoms. The number of nitrogens with one attached hydrogen (secondary N) is 2. The minimum atomic E-state index is -0.559. The first-order valence-electron chi connectivity index (χ1n) is 9.45. The van der Waals surface area contributed by atoms with Crippen LogP contribution in [0.15, 0.2) is 81.4 Å². The van der Waals surface area contributed by atoms with E-state index in [0.29, 0.717) is 27.0 Å². The zero-order valence-electron chi connectivity index (χ0n) is 17.2. The van der Waals surface area contributed by atoms with E-state index >= 15 is 0 Å². The van der Waals surface area contributed by atoms with Gasteiger partial charge >= 0.3 is 0 Å². The predicted octanol–water partition coefficient (Wildman–Crippen LogP) is 5.54. The number of nitro groups is 1. The number of non-ortho nitro benzene ring substituents is 1. The van der Waals surface area contributed by atoms with Crippen LogP contribution < -0.4 is 15.4 Å². The summed E-state index contributed by atoms with van der Waals surface area (Å²) in [6.45, 7) is 0. The minimum absolute atomic E-state index is 0.0382. The van der Waals surface area contributed by atoms with Crippen LogP contribution in [0.1, 0.15) is 15.9 Å². The van der Waals surface area contributed by atoms with Crippen molar-refractivity contribution in [3.63, 3.8) is 0 Å². The Labute approximate surface area is 206 Å². The zero-order valence-corrected chi connectivity index (χ0v) is 20.3. The molecular formula is C23H17Br2N3O5. The van der Waals surface area contributed by atoms with Crippen LogP contribution in [0.3, 0.4) is 0 Å². The lowest BCUT2D eigenvalue weighted by Crippen LogP contribution is -2.30. The van der Waals surface area contributed by atoms with Crippen molar-refractivity contribution in [2.75, 3.05) is 12.4 Å². The molecule has 0 saturated heterocycles. The number of anilines is 1. The van der Waals surface area contributed by atoms with Gasteiger partial charge in [-0.1, -0.05) is 15.9 Å². The summed E-state index contributed by atoms with van der Waals surface area (Å²) in [6, 6.07) is 17.3. The molecule has 0 bridgehead atoms. The van der Waals surface area contributed by atoms with E-state index in [0.717, 1.165) is 4.47 Å². The van der Waals surface area contributed by atoms with Gasteiger partial charge in [0.1, 0.15) is 11.4 Å². The molecule has 0 aliphatic rings. The van der Waals surface area contributed by atoms with Crippen molar-refractivity contribution in [2.24, 2.45) is 0 Å². The Morgan fingerprint density at radius 1 is 1.00 bits per heavy atom. The molecule has 0 heterocycles. The average molecular weight is 575 g/mol. The van der Waals surface area contributed by atoms with Crippen LogP contribution >= 0.6 is 31.9 Å². The van der Waals surface area contributed by atoms with E-state index in [1.54, 1.807) is 42.5 Å². The third-order valence-corrected chi connectivity index (χ3v) is 5.57. The molecule has 2 amide bonds. The summed E-state index contributed by atoms with van der Waals surface area (Å²) in [7, 11) is 1.51. The Balaban J connectivity index is 1.90. The number of hydrogen-bond acceptors (Lipinski definition) is 5. The molecule has 0 atom stereocenters. The summed E-state index contributed by atoms with van der Waals surface area (Å²) < 4.78 is 6.60. The van der Waals surface area contributed by atoms with E-state index in [1.165, 1.54) is 37.5 Å². The van der Waals surface area contributed by atoms with E-state index in [4.69, 9.17) is 4.74 Å². The normalized spacial score (nSPS) is 10.9. The summed E-state index contributed by atoms with van der Waals surface area (Å²) in [6.07, 6.45) is 1.44. The first-order chi connectivity index (χ1) is 15.8. The molecule has 168 valence electrons. The van der Waals surface area contributed by atoms with Crippen LogP contribution in [0.2, 0.25) is 0 Å². The molecule has 10 heteroatoms. The molecule has 0 fully saturated rings. The summed E-state index contributed by atoms with van der Waals surface area (Å²) in [5, 5.41) is 16.2. The molecule has 0 aromatic heterocycles. The summed E-state index contributed by atoms with van der Waals surface area (Å²) in [4.78, 5) is 36.2. The van der Waals surface area contributed by atoms with Crippen molar-refractivity contribution in [1.82, 2.24) is 5.32 Å². The highest BCUT2D eigenvalue weighted by molar-refractivity contribution is 9.10. The van der Waals surface area contributed by atoms with Gasteiger partial charge < -0.3 is 15.4 Å². The van der Waals surface area contributed by atoms with E-state index in [2.05, 4.69) is 42.5 Å². The fourth-order valence-corrected chi connectivity index (χ4v) is 3.56. The number of amides is 2. The molecule has 3 aromatic rings. The number of hydrogen-bond donors (Lipinski definition) is 2. The summed E-state index contributed by atoms with van der Waals surface area (Å²) in [5.41, 5.74) is 1.20. The Morgan fingerprint density at radius 2 is 1.67 bits per heavy atom. The Hall–Kier alpha value is -3.50. The number of carbonyl (C=O) groups is 2. The Bertz CT molecular complexity index is 1230. The maximum atomic E-state index is 13.0. The quantitative estimate of drug-likeness (QED) is 0.219. The zero-order chi connectivity index (χ0) is 24.0. The van der Waals surface area contributed by atoms with E-state index in [1.807, 2.05) is 0 Å². The van der Waals surface area contributed by atoms with Crippen molar-refractivity contribution in [3.8, 4) is 5.75 Å². The fourth-order valence-electron chi connectivity index (χ4n) is 2.75. The van der Waals surface area contributed by atoms with Gasteiger partial charge in [0.05, 0.1) is 16.5 Å². The lowest BCUT2D eigenvalue weighted by Gasteiger charge is -2.12. The van der Waals surface area contributed by atoms with Crippen LogP contribution in [-0.4, -0.2) is 23.8 Å². The number of nitro benzene ring substituents is 1. The van der Waals surface area contributed by atoms with Crippen molar-refractivity contribution in [1.29, 1.82) is 0 Å². The van der Waals surface area contributed by atoms with Crippen LogP contribution in [0.5, 0.6) is 5.75 Å².